The Balaban J connectivity index is 1.58. The van der Waals surface area contributed by atoms with Crippen LogP contribution in [0.4, 0.5) is 10.1 Å². The number of anilines is 1. The zero-order chi connectivity index (χ0) is 19.4. The molecular weight excluding hydrogens is 369 g/mol. The summed E-state index contributed by atoms with van der Waals surface area (Å²) in [7, 11) is -3.51. The largest absolute Gasteiger partial charge is 0.325 e. The highest BCUT2D eigenvalue weighted by Crippen LogP contribution is 2.18. The third-order valence-corrected chi connectivity index (χ3v) is 6.61. The second kappa shape index (κ2) is 8.16. The summed E-state index contributed by atoms with van der Waals surface area (Å²) in [5, 5.41) is 2.75. The number of halogens is 1. The van der Waals surface area contributed by atoms with E-state index in [1.165, 1.54) is 28.6 Å². The highest BCUT2D eigenvalue weighted by molar-refractivity contribution is 7.89. The minimum absolute atomic E-state index is 0.207. The van der Waals surface area contributed by atoms with Crippen LogP contribution in [-0.4, -0.2) is 55.8 Å². The van der Waals surface area contributed by atoms with Gasteiger partial charge < -0.3 is 5.32 Å². The molecule has 144 valence electrons. The first-order valence-electron chi connectivity index (χ1n) is 8.73. The van der Waals surface area contributed by atoms with Crippen molar-refractivity contribution in [1.29, 1.82) is 0 Å². The number of carbonyl (C=O) groups excluding carboxylic acids is 1. The monoisotopic (exact) mass is 391 g/mol. The van der Waals surface area contributed by atoms with Gasteiger partial charge in [-0.05, 0) is 43.3 Å². The van der Waals surface area contributed by atoms with Crippen LogP contribution in [0.2, 0.25) is 0 Å². The Kier molecular flexibility index (Phi) is 5.88. The predicted molar refractivity (Wildman–Crippen MR) is 101 cm³/mol. The van der Waals surface area contributed by atoms with Gasteiger partial charge in [0.15, 0.2) is 0 Å². The van der Waals surface area contributed by atoms with E-state index in [0.29, 0.717) is 31.9 Å². The number of hydrogen-bond donors (Lipinski definition) is 1. The Bertz CT molecular complexity index is 880. The van der Waals surface area contributed by atoms with Gasteiger partial charge in [-0.3, -0.25) is 9.69 Å². The van der Waals surface area contributed by atoms with Crippen molar-refractivity contribution in [3.05, 3.63) is 60.4 Å². The van der Waals surface area contributed by atoms with Crippen molar-refractivity contribution in [2.24, 2.45) is 0 Å². The van der Waals surface area contributed by atoms with Gasteiger partial charge in [-0.1, -0.05) is 18.2 Å². The number of sulfonamides is 1. The van der Waals surface area contributed by atoms with Gasteiger partial charge in [0.1, 0.15) is 5.82 Å². The van der Waals surface area contributed by atoms with Gasteiger partial charge in [0.05, 0.1) is 10.9 Å². The summed E-state index contributed by atoms with van der Waals surface area (Å²) < 4.78 is 39.7. The Labute approximate surface area is 158 Å². The van der Waals surface area contributed by atoms with Gasteiger partial charge in [0.25, 0.3) is 0 Å². The van der Waals surface area contributed by atoms with Crippen LogP contribution in [0.25, 0.3) is 0 Å². The molecular formula is C19H22FN3O3S. The number of carbonyl (C=O) groups is 1. The number of piperazine rings is 1. The number of benzene rings is 2. The van der Waals surface area contributed by atoms with Crippen LogP contribution in [-0.2, 0) is 14.8 Å². The molecule has 3 rings (SSSR count). The van der Waals surface area contributed by atoms with Crippen LogP contribution in [0.1, 0.15) is 6.92 Å². The van der Waals surface area contributed by atoms with E-state index in [0.717, 1.165) is 0 Å². The van der Waals surface area contributed by atoms with Crippen LogP contribution in [0, 0.1) is 5.82 Å². The van der Waals surface area contributed by atoms with E-state index in [-0.39, 0.29) is 16.6 Å². The van der Waals surface area contributed by atoms with E-state index in [9.17, 15) is 17.6 Å². The fourth-order valence-corrected chi connectivity index (χ4v) is 4.46. The lowest BCUT2D eigenvalue weighted by molar-refractivity contribution is -0.121. The SMILES string of the molecule is C[C@H](C(=O)Nc1ccc(F)cc1)N1CCN(S(=O)(=O)c2ccccc2)CC1. The molecule has 0 radical (unpaired) electrons. The van der Waals surface area contributed by atoms with Crippen molar-refractivity contribution in [3.8, 4) is 0 Å². The standard InChI is InChI=1S/C19H22FN3O3S/c1-15(19(24)21-17-9-7-16(20)8-10-17)22-11-13-23(14-12-22)27(25,26)18-5-3-2-4-6-18/h2-10,15H,11-14H2,1H3,(H,21,24)/t15-/m1/s1. The van der Waals surface area contributed by atoms with Crippen molar-refractivity contribution in [1.82, 2.24) is 9.21 Å². The van der Waals surface area contributed by atoms with E-state index < -0.39 is 16.1 Å². The molecule has 1 saturated heterocycles. The Morgan fingerprint density at radius 3 is 2.19 bits per heavy atom. The molecule has 1 fully saturated rings. The molecule has 2 aromatic rings. The molecule has 0 saturated carbocycles. The third-order valence-electron chi connectivity index (χ3n) is 4.69. The molecule has 1 N–H and O–H groups in total. The first-order valence-corrected chi connectivity index (χ1v) is 10.2. The molecule has 1 amide bonds. The zero-order valence-electron chi connectivity index (χ0n) is 15.0. The van der Waals surface area contributed by atoms with Gasteiger partial charge in [-0.25, -0.2) is 12.8 Å². The average molecular weight is 391 g/mol. The molecule has 0 aliphatic carbocycles. The van der Waals surface area contributed by atoms with Crippen LogP contribution < -0.4 is 5.32 Å². The number of rotatable bonds is 5. The maximum absolute atomic E-state index is 13.0. The summed E-state index contributed by atoms with van der Waals surface area (Å²) in [6, 6.07) is 13.5. The van der Waals surface area contributed by atoms with Crippen molar-refractivity contribution < 1.29 is 17.6 Å². The third kappa shape index (κ3) is 4.52. The Hall–Kier alpha value is -2.29. The molecule has 0 aromatic heterocycles. The first-order chi connectivity index (χ1) is 12.9. The Morgan fingerprint density at radius 2 is 1.59 bits per heavy atom. The summed E-state index contributed by atoms with van der Waals surface area (Å²) in [6.45, 7) is 3.35. The molecule has 8 heteroatoms. The van der Waals surface area contributed by atoms with E-state index in [1.807, 2.05) is 4.90 Å². The number of amides is 1. The minimum atomic E-state index is -3.51. The smallest absolute Gasteiger partial charge is 0.243 e. The summed E-state index contributed by atoms with van der Waals surface area (Å²) >= 11 is 0. The second-order valence-electron chi connectivity index (χ2n) is 6.43. The highest BCUT2D eigenvalue weighted by Gasteiger charge is 2.31. The lowest BCUT2D eigenvalue weighted by atomic mass is 10.2. The van der Waals surface area contributed by atoms with Gasteiger partial charge in [0.2, 0.25) is 15.9 Å². The molecule has 2 aromatic carbocycles. The lowest BCUT2D eigenvalue weighted by Gasteiger charge is -2.36. The van der Waals surface area contributed by atoms with Gasteiger partial charge in [-0.15, -0.1) is 0 Å². The number of hydrogen-bond acceptors (Lipinski definition) is 4. The molecule has 0 spiro atoms. The normalized spacial score (nSPS) is 17.4. The van der Waals surface area contributed by atoms with Crippen molar-refractivity contribution in [2.75, 3.05) is 31.5 Å². The molecule has 1 aliphatic rings. The van der Waals surface area contributed by atoms with Crippen LogP contribution in [0.5, 0.6) is 0 Å². The predicted octanol–water partition coefficient (Wildman–Crippen LogP) is 2.16. The lowest BCUT2D eigenvalue weighted by Crippen LogP contribution is -2.53. The molecule has 6 nitrogen and oxygen atoms in total. The van der Waals surface area contributed by atoms with E-state index in [4.69, 9.17) is 0 Å². The Morgan fingerprint density at radius 1 is 1.00 bits per heavy atom. The molecule has 1 aliphatic heterocycles. The maximum atomic E-state index is 13.0. The maximum Gasteiger partial charge on any atom is 0.243 e. The van der Waals surface area contributed by atoms with Crippen molar-refractivity contribution >= 4 is 21.6 Å². The zero-order valence-corrected chi connectivity index (χ0v) is 15.8. The van der Waals surface area contributed by atoms with Crippen molar-refractivity contribution in [2.45, 2.75) is 17.9 Å². The summed E-state index contributed by atoms with van der Waals surface area (Å²) in [6.07, 6.45) is 0. The molecule has 1 heterocycles. The topological polar surface area (TPSA) is 69.7 Å². The highest BCUT2D eigenvalue weighted by atomic mass is 32.2. The minimum Gasteiger partial charge on any atom is -0.325 e. The van der Waals surface area contributed by atoms with Crippen LogP contribution in [0.3, 0.4) is 0 Å². The van der Waals surface area contributed by atoms with E-state index in [2.05, 4.69) is 5.32 Å². The van der Waals surface area contributed by atoms with Gasteiger partial charge >= 0.3 is 0 Å². The molecule has 1 atom stereocenters. The first kappa shape index (κ1) is 19.5. The number of nitrogens with zero attached hydrogens (tertiary/aromatic N) is 2. The van der Waals surface area contributed by atoms with Crippen LogP contribution >= 0.6 is 0 Å². The summed E-state index contributed by atoms with van der Waals surface area (Å²) in [5.74, 6) is -0.572. The van der Waals surface area contributed by atoms with E-state index >= 15 is 0 Å². The molecule has 0 bridgehead atoms. The van der Waals surface area contributed by atoms with Gasteiger partial charge in [0, 0.05) is 31.9 Å². The fourth-order valence-electron chi connectivity index (χ4n) is 3.02. The summed E-state index contributed by atoms with van der Waals surface area (Å²) in [4.78, 5) is 14.6. The van der Waals surface area contributed by atoms with Gasteiger partial charge in [-0.2, -0.15) is 4.31 Å². The quantitative estimate of drug-likeness (QED) is 0.848. The molecule has 0 unspecified atom stereocenters. The van der Waals surface area contributed by atoms with Crippen molar-refractivity contribution in [3.63, 3.8) is 0 Å². The summed E-state index contributed by atoms with van der Waals surface area (Å²) in [5.41, 5.74) is 0.526. The molecule has 27 heavy (non-hydrogen) atoms. The number of nitrogens with one attached hydrogen (secondary N) is 1. The van der Waals surface area contributed by atoms with E-state index in [1.54, 1.807) is 37.3 Å². The second-order valence-corrected chi connectivity index (χ2v) is 8.36. The van der Waals surface area contributed by atoms with Crippen LogP contribution in [0.15, 0.2) is 59.5 Å². The average Bonchev–Trinajstić information content (AvgIpc) is 2.70. The fraction of sp³-hybridized carbons (Fsp3) is 0.316.